The number of carbonyl (C=O) groups excluding carboxylic acids is 1. The van der Waals surface area contributed by atoms with E-state index in [0.29, 0.717) is 11.9 Å². The second-order valence-corrected chi connectivity index (χ2v) is 5.98. The number of likely N-dealkylation sites (tertiary alicyclic amines) is 1. The van der Waals surface area contributed by atoms with Crippen LogP contribution in [-0.4, -0.2) is 57.2 Å². The van der Waals surface area contributed by atoms with Gasteiger partial charge in [-0.05, 0) is 32.0 Å². The lowest BCUT2D eigenvalue weighted by Crippen LogP contribution is -2.48. The molecule has 1 amide bonds. The molecule has 1 saturated heterocycles. The minimum absolute atomic E-state index is 0. The van der Waals surface area contributed by atoms with Gasteiger partial charge in [-0.3, -0.25) is 4.79 Å². The van der Waals surface area contributed by atoms with Crippen LogP contribution < -0.4 is 5.32 Å². The molecule has 1 unspecified atom stereocenters. The number of aryl methyl sites for hydroxylation is 1. The number of hydrogen-bond acceptors (Lipinski definition) is 5. The zero-order valence-electron chi connectivity index (χ0n) is 14.0. The van der Waals surface area contributed by atoms with Crippen molar-refractivity contribution < 1.29 is 4.79 Å². The molecule has 0 radical (unpaired) electrons. The van der Waals surface area contributed by atoms with Gasteiger partial charge in [0.15, 0.2) is 0 Å². The highest BCUT2D eigenvalue weighted by Gasteiger charge is 2.23. The zero-order valence-corrected chi connectivity index (χ0v) is 14.8. The van der Waals surface area contributed by atoms with Crippen LogP contribution in [0.1, 0.15) is 18.4 Å². The largest absolute Gasteiger partial charge is 0.339 e. The quantitative estimate of drug-likeness (QED) is 0.899. The number of aromatic nitrogens is 4. The van der Waals surface area contributed by atoms with E-state index >= 15 is 0 Å². The van der Waals surface area contributed by atoms with Crippen LogP contribution in [0.25, 0.3) is 11.4 Å². The first kappa shape index (κ1) is 18.4. The van der Waals surface area contributed by atoms with Crippen molar-refractivity contribution >= 4 is 18.3 Å². The highest BCUT2D eigenvalue weighted by atomic mass is 35.5. The molecular weight excluding hydrogens is 328 g/mol. The Morgan fingerprint density at radius 2 is 2.08 bits per heavy atom. The molecule has 1 aromatic heterocycles. The van der Waals surface area contributed by atoms with Crippen LogP contribution in [0.3, 0.4) is 0 Å². The van der Waals surface area contributed by atoms with Crippen LogP contribution in [0, 0.1) is 6.92 Å². The third-order valence-electron chi connectivity index (χ3n) is 4.22. The third-order valence-corrected chi connectivity index (χ3v) is 4.22. The molecule has 0 saturated carbocycles. The van der Waals surface area contributed by atoms with Crippen LogP contribution >= 0.6 is 12.4 Å². The Balaban J connectivity index is 0.00000208. The van der Waals surface area contributed by atoms with Crippen molar-refractivity contribution in [3.05, 3.63) is 29.8 Å². The van der Waals surface area contributed by atoms with Gasteiger partial charge >= 0.3 is 0 Å². The number of piperidine rings is 1. The maximum absolute atomic E-state index is 12.4. The summed E-state index contributed by atoms with van der Waals surface area (Å²) in [7, 11) is 1.94. The standard InChI is InChI=1S/C16H22N6O.ClH/c1-12-5-7-13(8-6-12)16-18-20-22(19-16)11-15(23)21-9-3-4-14(10-21)17-2;/h5-8,14,17H,3-4,9-11H2,1-2H3;1H. The maximum atomic E-state index is 12.4. The summed E-state index contributed by atoms with van der Waals surface area (Å²) in [4.78, 5) is 15.6. The molecule has 24 heavy (non-hydrogen) atoms. The SMILES string of the molecule is CNC1CCCN(C(=O)Cn2nnc(-c3ccc(C)cc3)n2)C1.Cl. The number of hydrogen-bond donors (Lipinski definition) is 1. The van der Waals surface area contributed by atoms with Crippen LogP contribution in [0.15, 0.2) is 24.3 Å². The van der Waals surface area contributed by atoms with Gasteiger partial charge in [-0.15, -0.1) is 22.6 Å². The molecule has 2 aromatic rings. The van der Waals surface area contributed by atoms with Crippen LogP contribution in [0.2, 0.25) is 0 Å². The van der Waals surface area contributed by atoms with Gasteiger partial charge in [-0.25, -0.2) is 0 Å². The Kier molecular flexibility index (Phi) is 6.28. The summed E-state index contributed by atoms with van der Waals surface area (Å²) >= 11 is 0. The van der Waals surface area contributed by atoms with Gasteiger partial charge in [0, 0.05) is 24.7 Å². The lowest BCUT2D eigenvalue weighted by molar-refractivity contribution is -0.133. The van der Waals surface area contributed by atoms with Crippen molar-refractivity contribution in [3.63, 3.8) is 0 Å². The molecule has 1 fully saturated rings. The van der Waals surface area contributed by atoms with Gasteiger partial charge in [-0.1, -0.05) is 29.8 Å². The van der Waals surface area contributed by atoms with Crippen molar-refractivity contribution in [1.82, 2.24) is 30.4 Å². The first-order valence-corrected chi connectivity index (χ1v) is 7.95. The molecule has 1 aromatic carbocycles. The molecule has 0 spiro atoms. The highest BCUT2D eigenvalue weighted by molar-refractivity contribution is 5.85. The number of carbonyl (C=O) groups is 1. The summed E-state index contributed by atoms with van der Waals surface area (Å²) in [5, 5.41) is 15.6. The van der Waals surface area contributed by atoms with Crippen LogP contribution in [-0.2, 0) is 11.3 Å². The summed E-state index contributed by atoms with van der Waals surface area (Å²) in [5.74, 6) is 0.586. The molecular formula is C16H23ClN6O. The Morgan fingerprint density at radius 3 is 2.79 bits per heavy atom. The topological polar surface area (TPSA) is 75.9 Å². The number of halogens is 1. The molecule has 0 bridgehead atoms. The van der Waals surface area contributed by atoms with Crippen molar-refractivity contribution in [2.24, 2.45) is 0 Å². The number of nitrogens with zero attached hydrogens (tertiary/aromatic N) is 5. The number of tetrazole rings is 1. The van der Waals surface area contributed by atoms with E-state index in [1.165, 1.54) is 10.4 Å². The molecule has 1 atom stereocenters. The molecule has 1 aliphatic heterocycles. The minimum atomic E-state index is 0. The van der Waals surface area contributed by atoms with Crippen molar-refractivity contribution in [1.29, 1.82) is 0 Å². The maximum Gasteiger partial charge on any atom is 0.246 e. The monoisotopic (exact) mass is 350 g/mol. The summed E-state index contributed by atoms with van der Waals surface area (Å²) in [6, 6.07) is 8.31. The third kappa shape index (κ3) is 4.30. The minimum Gasteiger partial charge on any atom is -0.339 e. The Hall–Kier alpha value is -1.99. The van der Waals surface area contributed by atoms with E-state index in [9.17, 15) is 4.79 Å². The van der Waals surface area contributed by atoms with Gasteiger partial charge in [0.1, 0.15) is 6.54 Å². The van der Waals surface area contributed by atoms with Crippen LogP contribution in [0.4, 0.5) is 0 Å². The summed E-state index contributed by atoms with van der Waals surface area (Å²) in [5.41, 5.74) is 2.09. The van der Waals surface area contributed by atoms with Crippen molar-refractivity contribution in [2.45, 2.75) is 32.4 Å². The molecule has 0 aliphatic carbocycles. The highest BCUT2D eigenvalue weighted by Crippen LogP contribution is 2.14. The smallest absolute Gasteiger partial charge is 0.246 e. The van der Waals surface area contributed by atoms with Gasteiger partial charge < -0.3 is 10.2 Å². The normalized spacial score (nSPS) is 17.4. The number of amides is 1. The van der Waals surface area contributed by atoms with E-state index < -0.39 is 0 Å². The molecule has 7 nitrogen and oxygen atoms in total. The average molecular weight is 351 g/mol. The van der Waals surface area contributed by atoms with E-state index in [2.05, 4.69) is 20.7 Å². The van der Waals surface area contributed by atoms with Gasteiger partial charge in [0.25, 0.3) is 0 Å². The molecule has 8 heteroatoms. The molecule has 1 N–H and O–H groups in total. The second-order valence-electron chi connectivity index (χ2n) is 5.98. The lowest BCUT2D eigenvalue weighted by Gasteiger charge is -2.32. The fourth-order valence-corrected chi connectivity index (χ4v) is 2.79. The van der Waals surface area contributed by atoms with E-state index in [1.54, 1.807) is 0 Å². The van der Waals surface area contributed by atoms with Gasteiger partial charge in [-0.2, -0.15) is 4.80 Å². The molecule has 2 heterocycles. The first-order chi connectivity index (χ1) is 11.2. The van der Waals surface area contributed by atoms with Crippen LogP contribution in [0.5, 0.6) is 0 Å². The number of nitrogens with one attached hydrogen (secondary N) is 1. The number of likely N-dealkylation sites (N-methyl/N-ethyl adjacent to an activating group) is 1. The summed E-state index contributed by atoms with van der Waals surface area (Å²) in [6.45, 7) is 3.71. The van der Waals surface area contributed by atoms with Gasteiger partial charge in [0.2, 0.25) is 11.7 Å². The first-order valence-electron chi connectivity index (χ1n) is 7.95. The van der Waals surface area contributed by atoms with Crippen molar-refractivity contribution in [2.75, 3.05) is 20.1 Å². The Bertz CT molecular complexity index is 671. The predicted molar refractivity (Wildman–Crippen MR) is 93.9 cm³/mol. The van der Waals surface area contributed by atoms with E-state index in [-0.39, 0.29) is 24.9 Å². The lowest BCUT2D eigenvalue weighted by atomic mass is 10.1. The fourth-order valence-electron chi connectivity index (χ4n) is 2.79. The van der Waals surface area contributed by atoms with Gasteiger partial charge in [0.05, 0.1) is 0 Å². The predicted octanol–water partition coefficient (Wildman–Crippen LogP) is 1.28. The molecule has 130 valence electrons. The van der Waals surface area contributed by atoms with E-state index in [1.807, 2.05) is 43.1 Å². The van der Waals surface area contributed by atoms with E-state index in [0.717, 1.165) is 31.5 Å². The summed E-state index contributed by atoms with van der Waals surface area (Å²) in [6.07, 6.45) is 2.13. The zero-order chi connectivity index (χ0) is 16.2. The molecule has 3 rings (SSSR count). The summed E-state index contributed by atoms with van der Waals surface area (Å²) < 4.78 is 0. The number of rotatable bonds is 4. The van der Waals surface area contributed by atoms with E-state index in [4.69, 9.17) is 0 Å². The van der Waals surface area contributed by atoms with Crippen molar-refractivity contribution in [3.8, 4) is 11.4 Å². The average Bonchev–Trinajstić information content (AvgIpc) is 3.04. The Labute approximate surface area is 147 Å². The fraction of sp³-hybridized carbons (Fsp3) is 0.500. The second kappa shape index (κ2) is 8.21. The number of benzene rings is 1. The molecule has 1 aliphatic rings. The Morgan fingerprint density at radius 1 is 1.33 bits per heavy atom.